The molecule has 0 bridgehead atoms. The number of fused-ring (bicyclic) bond motifs is 1. The lowest BCUT2D eigenvalue weighted by Crippen LogP contribution is -2.04. The number of benzene rings is 2. The van der Waals surface area contributed by atoms with Crippen molar-refractivity contribution in [1.29, 1.82) is 0 Å². The van der Waals surface area contributed by atoms with E-state index >= 15 is 0 Å². The number of ether oxygens (including phenoxy) is 2. The van der Waals surface area contributed by atoms with Crippen molar-refractivity contribution in [2.45, 2.75) is 6.92 Å². The van der Waals surface area contributed by atoms with E-state index < -0.39 is 11.8 Å². The largest absolute Gasteiger partial charge is 0.493 e. The zero-order chi connectivity index (χ0) is 18.8. The fourth-order valence-corrected chi connectivity index (χ4v) is 2.62. The molecule has 2 aromatic carbocycles. The second-order valence-electron chi connectivity index (χ2n) is 5.18. The van der Waals surface area contributed by atoms with Gasteiger partial charge in [-0.05, 0) is 18.2 Å². The third-order valence-corrected chi connectivity index (χ3v) is 4.24. The molecule has 0 amide bonds. The molecule has 1 N–H and O–H groups in total. The van der Waals surface area contributed by atoms with E-state index in [0.717, 1.165) is 0 Å². The number of carbonyl (C=O) groups is 1. The van der Waals surface area contributed by atoms with Crippen molar-refractivity contribution in [3.63, 3.8) is 0 Å². The highest BCUT2D eigenvalue weighted by Crippen LogP contribution is 2.36. The highest BCUT2D eigenvalue weighted by atomic mass is 35.5. The van der Waals surface area contributed by atoms with Crippen LogP contribution in [0.15, 0.2) is 30.6 Å². The highest BCUT2D eigenvalue weighted by molar-refractivity contribution is 6.42. The Bertz CT molecular complexity index is 1020. The maximum Gasteiger partial charge on any atom is 0.308 e. The summed E-state index contributed by atoms with van der Waals surface area (Å²) in [5, 5.41) is 3.25. The predicted octanol–water partition coefficient (Wildman–Crippen LogP) is 5.18. The predicted molar refractivity (Wildman–Crippen MR) is 104 cm³/mol. The summed E-state index contributed by atoms with van der Waals surface area (Å²) >= 11 is 11.6. The van der Waals surface area contributed by atoms with Gasteiger partial charge in [0.15, 0.2) is 17.3 Å². The number of methoxy groups -OCH3 is 1. The molecule has 27 heavy (non-hydrogen) atoms. The van der Waals surface area contributed by atoms with Gasteiger partial charge in [-0.2, -0.15) is 0 Å². The van der Waals surface area contributed by atoms with E-state index in [1.54, 1.807) is 6.07 Å². The van der Waals surface area contributed by atoms with E-state index in [1.165, 1.54) is 38.6 Å². The molecule has 1 heterocycles. The molecule has 0 radical (unpaired) electrons. The second kappa shape index (κ2) is 8.56. The lowest BCUT2D eigenvalue weighted by molar-refractivity contribution is -0.132. The Morgan fingerprint density at radius 3 is 2.59 bits per heavy atom. The molecule has 0 fully saturated rings. The second-order valence-corrected chi connectivity index (χ2v) is 5.97. The van der Waals surface area contributed by atoms with E-state index in [2.05, 4.69) is 15.3 Å². The van der Waals surface area contributed by atoms with Crippen molar-refractivity contribution in [1.82, 2.24) is 9.97 Å². The van der Waals surface area contributed by atoms with Crippen molar-refractivity contribution in [3.8, 4) is 11.5 Å². The van der Waals surface area contributed by atoms with Crippen LogP contribution < -0.4 is 14.8 Å². The molecule has 0 aliphatic heterocycles. The van der Waals surface area contributed by atoms with Gasteiger partial charge >= 0.3 is 5.97 Å². The zero-order valence-electron chi connectivity index (χ0n) is 14.0. The Labute approximate surface area is 170 Å². The molecule has 0 atom stereocenters. The van der Waals surface area contributed by atoms with Crippen LogP contribution in [0, 0.1) is 5.82 Å². The minimum Gasteiger partial charge on any atom is -0.493 e. The van der Waals surface area contributed by atoms with Crippen molar-refractivity contribution in [2.75, 3.05) is 12.4 Å². The van der Waals surface area contributed by atoms with Gasteiger partial charge in [-0.25, -0.2) is 14.4 Å². The van der Waals surface area contributed by atoms with Gasteiger partial charge in [0.25, 0.3) is 0 Å². The molecular formula is C17H13Cl3FN3O3. The smallest absolute Gasteiger partial charge is 0.308 e. The first-order valence-electron chi connectivity index (χ1n) is 7.32. The fraction of sp³-hybridized carbons (Fsp3) is 0.118. The zero-order valence-corrected chi connectivity index (χ0v) is 16.4. The summed E-state index contributed by atoms with van der Waals surface area (Å²) in [4.78, 5) is 19.6. The molecule has 10 heteroatoms. The fourth-order valence-electron chi connectivity index (χ4n) is 2.31. The molecule has 1 aromatic heterocycles. The lowest BCUT2D eigenvalue weighted by atomic mass is 10.2. The molecule has 6 nitrogen and oxygen atoms in total. The van der Waals surface area contributed by atoms with E-state index in [-0.39, 0.29) is 33.9 Å². The molecular weight excluding hydrogens is 420 g/mol. The van der Waals surface area contributed by atoms with Crippen LogP contribution in [0.25, 0.3) is 10.9 Å². The van der Waals surface area contributed by atoms with E-state index in [9.17, 15) is 9.18 Å². The van der Waals surface area contributed by atoms with Crippen LogP contribution in [-0.2, 0) is 4.79 Å². The minimum absolute atomic E-state index is 0. The molecule has 0 aliphatic rings. The first kappa shape index (κ1) is 21.0. The average Bonchev–Trinajstić information content (AvgIpc) is 2.61. The first-order valence-corrected chi connectivity index (χ1v) is 8.08. The Kier molecular flexibility index (Phi) is 6.64. The molecule has 0 aliphatic carbocycles. The van der Waals surface area contributed by atoms with Gasteiger partial charge in [-0.3, -0.25) is 4.79 Å². The van der Waals surface area contributed by atoms with Crippen LogP contribution >= 0.6 is 35.6 Å². The van der Waals surface area contributed by atoms with Crippen molar-refractivity contribution in [3.05, 3.63) is 46.5 Å². The van der Waals surface area contributed by atoms with Crippen LogP contribution in [0.3, 0.4) is 0 Å². The van der Waals surface area contributed by atoms with Crippen LogP contribution in [0.1, 0.15) is 6.92 Å². The summed E-state index contributed by atoms with van der Waals surface area (Å²) in [6.45, 7) is 1.27. The van der Waals surface area contributed by atoms with Crippen molar-refractivity contribution in [2.24, 2.45) is 0 Å². The topological polar surface area (TPSA) is 73.3 Å². The van der Waals surface area contributed by atoms with Crippen LogP contribution in [-0.4, -0.2) is 23.0 Å². The van der Waals surface area contributed by atoms with Gasteiger partial charge in [0.05, 0.1) is 28.4 Å². The van der Waals surface area contributed by atoms with Crippen LogP contribution in [0.2, 0.25) is 10.0 Å². The summed E-state index contributed by atoms with van der Waals surface area (Å²) < 4.78 is 24.7. The molecule has 142 valence electrons. The highest BCUT2D eigenvalue weighted by Gasteiger charge is 2.16. The molecule has 0 saturated heterocycles. The number of halogens is 4. The number of nitrogens with one attached hydrogen (secondary N) is 1. The normalized spacial score (nSPS) is 10.3. The third kappa shape index (κ3) is 4.32. The Morgan fingerprint density at radius 2 is 1.93 bits per heavy atom. The monoisotopic (exact) mass is 431 g/mol. The summed E-state index contributed by atoms with van der Waals surface area (Å²) in [5.41, 5.74) is 0.597. The standard InChI is InChI=1S/C17H12Cl2FN3O3.ClH/c1-8(24)26-14-5-9-12(6-13(14)25-2)21-7-22-17(9)23-11-4-3-10(18)15(19)16(11)20;/h3-7H,1-2H3,(H,21,22,23);1H. The van der Waals surface area contributed by atoms with Gasteiger partial charge in [-0.15, -0.1) is 12.4 Å². The van der Waals surface area contributed by atoms with Gasteiger partial charge < -0.3 is 14.8 Å². The summed E-state index contributed by atoms with van der Waals surface area (Å²) in [5.74, 6) is -0.398. The lowest BCUT2D eigenvalue weighted by Gasteiger charge is -2.13. The molecule has 3 rings (SSSR count). The Hall–Kier alpha value is -2.35. The Morgan fingerprint density at radius 1 is 1.19 bits per heavy atom. The minimum atomic E-state index is -0.709. The number of nitrogens with zero attached hydrogens (tertiary/aromatic N) is 2. The summed E-state index contributed by atoms with van der Waals surface area (Å²) in [6, 6.07) is 6.03. The van der Waals surface area contributed by atoms with Crippen molar-refractivity contribution >= 4 is 64.0 Å². The van der Waals surface area contributed by atoms with Gasteiger partial charge in [0.1, 0.15) is 12.1 Å². The summed E-state index contributed by atoms with van der Waals surface area (Å²) in [7, 11) is 1.44. The molecule has 3 aromatic rings. The molecule has 0 saturated carbocycles. The number of aromatic nitrogens is 2. The first-order chi connectivity index (χ1) is 12.4. The third-order valence-electron chi connectivity index (χ3n) is 3.46. The van der Waals surface area contributed by atoms with Gasteiger partial charge in [0.2, 0.25) is 0 Å². The summed E-state index contributed by atoms with van der Waals surface area (Å²) in [6.07, 6.45) is 1.31. The number of hydrogen-bond acceptors (Lipinski definition) is 6. The SMILES string of the molecule is COc1cc2ncnc(Nc3ccc(Cl)c(Cl)c3F)c2cc1OC(C)=O.Cl. The van der Waals surface area contributed by atoms with Gasteiger partial charge in [0, 0.05) is 18.4 Å². The number of anilines is 2. The number of rotatable bonds is 4. The number of carbonyl (C=O) groups excluding carboxylic acids is 1. The molecule has 0 unspecified atom stereocenters. The average molecular weight is 433 g/mol. The number of hydrogen-bond donors (Lipinski definition) is 1. The number of esters is 1. The van der Waals surface area contributed by atoms with Crippen LogP contribution in [0.4, 0.5) is 15.9 Å². The van der Waals surface area contributed by atoms with Gasteiger partial charge in [-0.1, -0.05) is 23.2 Å². The maximum atomic E-state index is 14.3. The quantitative estimate of drug-likeness (QED) is 0.348. The Balaban J connectivity index is 0.00000261. The van der Waals surface area contributed by atoms with E-state index in [4.69, 9.17) is 32.7 Å². The van der Waals surface area contributed by atoms with Crippen molar-refractivity contribution < 1.29 is 18.7 Å². The van der Waals surface area contributed by atoms with Crippen LogP contribution in [0.5, 0.6) is 11.5 Å². The van der Waals surface area contributed by atoms with E-state index in [1.807, 2.05) is 0 Å². The van der Waals surface area contributed by atoms with E-state index in [0.29, 0.717) is 22.5 Å². The maximum absolute atomic E-state index is 14.3. The molecule has 0 spiro atoms.